The Kier molecular flexibility index (Phi) is 5.05. The van der Waals surface area contributed by atoms with Crippen LogP contribution in [0, 0.1) is 5.92 Å². The summed E-state index contributed by atoms with van der Waals surface area (Å²) in [6, 6.07) is 24.4. The number of methoxy groups -OCH3 is 2. The van der Waals surface area contributed by atoms with Crippen molar-refractivity contribution in [1.82, 2.24) is 0 Å². The Labute approximate surface area is 200 Å². The molecular formula is C29H28N2O3. The second-order valence-corrected chi connectivity index (χ2v) is 9.26. The van der Waals surface area contributed by atoms with Crippen LogP contribution in [0.1, 0.15) is 29.4 Å². The normalized spacial score (nSPS) is 26.8. The maximum Gasteiger partial charge on any atom is 0.237 e. The van der Waals surface area contributed by atoms with E-state index in [9.17, 15) is 4.79 Å². The summed E-state index contributed by atoms with van der Waals surface area (Å²) >= 11 is 0. The Morgan fingerprint density at radius 3 is 2.38 bits per heavy atom. The van der Waals surface area contributed by atoms with Gasteiger partial charge < -0.3 is 19.7 Å². The van der Waals surface area contributed by atoms with Gasteiger partial charge in [0.25, 0.3) is 0 Å². The fraction of sp³-hybridized carbons (Fsp3) is 0.276. The van der Waals surface area contributed by atoms with Crippen molar-refractivity contribution in [2.24, 2.45) is 5.92 Å². The maximum atomic E-state index is 13.6. The highest BCUT2D eigenvalue weighted by Gasteiger charge is 2.56. The molecule has 2 unspecified atom stereocenters. The van der Waals surface area contributed by atoms with E-state index in [0.29, 0.717) is 11.8 Å². The lowest BCUT2D eigenvalue weighted by atomic mass is 9.68. The minimum atomic E-state index is -0.179. The number of nitrogens with one attached hydrogen (secondary N) is 1. The molecule has 1 aliphatic carbocycles. The van der Waals surface area contributed by atoms with Crippen molar-refractivity contribution in [3.63, 3.8) is 0 Å². The van der Waals surface area contributed by atoms with Crippen molar-refractivity contribution in [3.05, 3.63) is 96.1 Å². The molecule has 5 atom stereocenters. The molecule has 1 amide bonds. The molecule has 3 aromatic carbocycles. The number of amides is 1. The minimum Gasteiger partial charge on any atom is -0.497 e. The summed E-state index contributed by atoms with van der Waals surface area (Å²) in [5.41, 5.74) is 4.38. The average molecular weight is 453 g/mol. The molecule has 5 heteroatoms. The highest BCUT2D eigenvalue weighted by Crippen LogP contribution is 2.51. The van der Waals surface area contributed by atoms with Crippen molar-refractivity contribution in [2.45, 2.75) is 30.3 Å². The summed E-state index contributed by atoms with van der Waals surface area (Å²) in [4.78, 5) is 15.6. The van der Waals surface area contributed by atoms with Crippen molar-refractivity contribution >= 4 is 17.3 Å². The van der Waals surface area contributed by atoms with Gasteiger partial charge in [0.15, 0.2) is 0 Å². The molecule has 172 valence electrons. The quantitative estimate of drug-likeness (QED) is 0.418. The standard InChI is InChI=1S/C29H28N2O3/c1-33-20-13-11-19(12-14-20)31-28(26(29(31)32)18-7-4-3-5-8-18)27-23-10-6-9-22(23)24-17-21(34-2)15-16-25(24)30-27/h3-9,11-17,22-23,26-28,30H,10H2,1-2H3/t22-,23+,26?,27-,28?/m0/s1. The van der Waals surface area contributed by atoms with Gasteiger partial charge in [0.05, 0.1) is 32.2 Å². The van der Waals surface area contributed by atoms with E-state index in [4.69, 9.17) is 9.47 Å². The zero-order valence-corrected chi connectivity index (χ0v) is 19.3. The molecule has 0 radical (unpaired) electrons. The predicted molar refractivity (Wildman–Crippen MR) is 134 cm³/mol. The van der Waals surface area contributed by atoms with E-state index in [2.05, 4.69) is 41.7 Å². The topological polar surface area (TPSA) is 50.8 Å². The lowest BCUT2D eigenvalue weighted by Crippen LogP contribution is -2.68. The monoisotopic (exact) mass is 452 g/mol. The summed E-state index contributed by atoms with van der Waals surface area (Å²) in [5.74, 6) is 2.30. The number of ether oxygens (including phenoxy) is 2. The van der Waals surface area contributed by atoms with Gasteiger partial charge in [-0.05, 0) is 65.9 Å². The first kappa shape index (κ1) is 20.8. The van der Waals surface area contributed by atoms with E-state index >= 15 is 0 Å². The largest absolute Gasteiger partial charge is 0.497 e. The lowest BCUT2D eigenvalue weighted by Gasteiger charge is -2.54. The van der Waals surface area contributed by atoms with Crippen LogP contribution in [0.2, 0.25) is 0 Å². The van der Waals surface area contributed by atoms with Crippen LogP contribution >= 0.6 is 0 Å². The van der Waals surface area contributed by atoms with E-state index in [-0.39, 0.29) is 23.9 Å². The SMILES string of the molecule is COc1ccc(N2C(=O)C(c3ccccc3)C2[C@H]2Nc3ccc(OC)cc3[C@H]3C=CC[C@H]32)cc1. The van der Waals surface area contributed by atoms with Gasteiger partial charge >= 0.3 is 0 Å². The number of benzene rings is 3. The first-order valence-electron chi connectivity index (χ1n) is 11.8. The third-order valence-corrected chi connectivity index (χ3v) is 7.63. The van der Waals surface area contributed by atoms with Crippen molar-refractivity contribution in [1.29, 1.82) is 0 Å². The third kappa shape index (κ3) is 3.18. The summed E-state index contributed by atoms with van der Waals surface area (Å²) in [7, 11) is 3.36. The Morgan fingerprint density at radius 2 is 1.65 bits per heavy atom. The maximum absolute atomic E-state index is 13.6. The first-order chi connectivity index (χ1) is 16.7. The number of carbonyl (C=O) groups excluding carboxylic acids is 1. The van der Waals surface area contributed by atoms with Gasteiger partial charge in [-0.2, -0.15) is 0 Å². The highest BCUT2D eigenvalue weighted by atomic mass is 16.5. The van der Waals surface area contributed by atoms with Crippen LogP contribution in [0.15, 0.2) is 84.9 Å². The van der Waals surface area contributed by atoms with Crippen molar-refractivity contribution in [3.8, 4) is 11.5 Å². The van der Waals surface area contributed by atoms with E-state index < -0.39 is 0 Å². The third-order valence-electron chi connectivity index (χ3n) is 7.63. The number of β-lactam (4-membered cyclic amide) rings is 1. The Bertz CT molecular complexity index is 1240. The Hall–Kier alpha value is -3.73. The molecule has 2 aliphatic heterocycles. The van der Waals surface area contributed by atoms with Crippen LogP contribution in [0.5, 0.6) is 11.5 Å². The second kappa shape index (κ2) is 8.24. The van der Waals surface area contributed by atoms with E-state index in [1.54, 1.807) is 14.2 Å². The van der Waals surface area contributed by atoms with Crippen LogP contribution < -0.4 is 19.7 Å². The zero-order chi connectivity index (χ0) is 23.2. The predicted octanol–water partition coefficient (Wildman–Crippen LogP) is 5.36. The molecule has 34 heavy (non-hydrogen) atoms. The van der Waals surface area contributed by atoms with Gasteiger partial charge in [-0.15, -0.1) is 0 Å². The van der Waals surface area contributed by atoms with Crippen molar-refractivity contribution < 1.29 is 14.3 Å². The molecule has 5 nitrogen and oxygen atoms in total. The van der Waals surface area contributed by atoms with E-state index in [1.807, 2.05) is 53.4 Å². The number of hydrogen-bond acceptors (Lipinski definition) is 4. The van der Waals surface area contributed by atoms with Crippen LogP contribution in [0.3, 0.4) is 0 Å². The molecule has 3 aromatic rings. The second-order valence-electron chi connectivity index (χ2n) is 9.26. The number of anilines is 2. The van der Waals surface area contributed by atoms with Crippen LogP contribution in [-0.2, 0) is 4.79 Å². The van der Waals surface area contributed by atoms with Crippen LogP contribution in [-0.4, -0.2) is 32.2 Å². The molecular weight excluding hydrogens is 424 g/mol. The van der Waals surface area contributed by atoms with Crippen LogP contribution in [0.25, 0.3) is 0 Å². The molecule has 1 fully saturated rings. The van der Waals surface area contributed by atoms with Gasteiger partial charge in [-0.3, -0.25) is 4.79 Å². The molecule has 2 heterocycles. The van der Waals surface area contributed by atoms with Gasteiger partial charge in [0, 0.05) is 17.3 Å². The van der Waals surface area contributed by atoms with Gasteiger partial charge in [-0.25, -0.2) is 0 Å². The average Bonchev–Trinajstić information content (AvgIpc) is 3.38. The highest BCUT2D eigenvalue weighted by molar-refractivity contribution is 6.07. The number of fused-ring (bicyclic) bond motifs is 3. The summed E-state index contributed by atoms with van der Waals surface area (Å²) in [6.07, 6.45) is 5.60. The van der Waals surface area contributed by atoms with Gasteiger partial charge in [0.1, 0.15) is 11.5 Å². The number of nitrogens with zero attached hydrogens (tertiary/aromatic N) is 1. The van der Waals surface area contributed by atoms with E-state index in [1.165, 1.54) is 5.56 Å². The molecule has 3 aliphatic rings. The summed E-state index contributed by atoms with van der Waals surface area (Å²) < 4.78 is 10.8. The number of allylic oxidation sites excluding steroid dienone is 2. The number of rotatable bonds is 5. The molecule has 6 rings (SSSR count). The van der Waals surface area contributed by atoms with Crippen molar-refractivity contribution in [2.75, 3.05) is 24.4 Å². The molecule has 0 spiro atoms. The Balaban J connectivity index is 1.42. The lowest BCUT2D eigenvalue weighted by molar-refractivity contribution is -0.127. The summed E-state index contributed by atoms with van der Waals surface area (Å²) in [6.45, 7) is 0. The molecule has 0 aromatic heterocycles. The van der Waals surface area contributed by atoms with E-state index in [0.717, 1.165) is 34.9 Å². The Morgan fingerprint density at radius 1 is 0.912 bits per heavy atom. The first-order valence-corrected chi connectivity index (χ1v) is 11.8. The minimum absolute atomic E-state index is 0.00551. The molecule has 1 N–H and O–H groups in total. The molecule has 1 saturated heterocycles. The van der Waals surface area contributed by atoms with Crippen LogP contribution in [0.4, 0.5) is 11.4 Å². The molecule has 0 saturated carbocycles. The fourth-order valence-corrected chi connectivity index (χ4v) is 6.00. The number of carbonyl (C=O) groups is 1. The smallest absolute Gasteiger partial charge is 0.237 e. The summed E-state index contributed by atoms with van der Waals surface area (Å²) in [5, 5.41) is 3.85. The fourth-order valence-electron chi connectivity index (χ4n) is 6.00. The number of hydrogen-bond donors (Lipinski definition) is 1. The van der Waals surface area contributed by atoms with Gasteiger partial charge in [0.2, 0.25) is 5.91 Å². The van der Waals surface area contributed by atoms with Gasteiger partial charge in [-0.1, -0.05) is 42.5 Å². The molecule has 0 bridgehead atoms. The zero-order valence-electron chi connectivity index (χ0n) is 19.3.